The molecular formula is C12H14ClFN2O2. The van der Waals surface area contributed by atoms with E-state index in [1.165, 1.54) is 0 Å². The quantitative estimate of drug-likeness (QED) is 0.809. The predicted octanol–water partition coefficient (Wildman–Crippen LogP) is 1.91. The zero-order valence-corrected chi connectivity index (χ0v) is 10.5. The lowest BCUT2D eigenvalue weighted by Crippen LogP contribution is -2.38. The van der Waals surface area contributed by atoms with Crippen molar-refractivity contribution < 1.29 is 14.3 Å². The van der Waals surface area contributed by atoms with Gasteiger partial charge in [0.25, 0.3) is 5.91 Å². The van der Waals surface area contributed by atoms with Crippen molar-refractivity contribution >= 4 is 17.5 Å². The number of aliphatic hydroxyl groups is 1. The number of pyridine rings is 1. The average molecular weight is 273 g/mol. The highest BCUT2D eigenvalue weighted by Gasteiger charge is 2.22. The zero-order chi connectivity index (χ0) is 13.1. The standard InChI is InChI=1S/C12H14ClFN2O2/c13-11-10(5-7(14)6-15-11)12(18)16-8-1-3-9(17)4-2-8/h5-6,8-9,17H,1-4H2,(H,16,18). The van der Waals surface area contributed by atoms with Crippen LogP contribution in [0.1, 0.15) is 36.0 Å². The van der Waals surface area contributed by atoms with E-state index in [-0.39, 0.29) is 22.9 Å². The van der Waals surface area contributed by atoms with E-state index in [0.29, 0.717) is 25.7 Å². The Balaban J connectivity index is 2.01. The van der Waals surface area contributed by atoms with Gasteiger partial charge in [0.05, 0.1) is 17.9 Å². The number of amides is 1. The lowest BCUT2D eigenvalue weighted by Gasteiger charge is -2.26. The molecule has 1 aliphatic carbocycles. The third-order valence-corrected chi connectivity index (χ3v) is 3.38. The van der Waals surface area contributed by atoms with Crippen molar-refractivity contribution in [3.05, 3.63) is 28.8 Å². The van der Waals surface area contributed by atoms with Gasteiger partial charge in [-0.3, -0.25) is 4.79 Å². The summed E-state index contributed by atoms with van der Waals surface area (Å²) in [5.41, 5.74) is 0.0442. The maximum Gasteiger partial charge on any atom is 0.254 e. The van der Waals surface area contributed by atoms with Gasteiger partial charge < -0.3 is 10.4 Å². The number of nitrogens with one attached hydrogen (secondary N) is 1. The Kier molecular flexibility index (Phi) is 4.14. The van der Waals surface area contributed by atoms with Gasteiger partial charge in [0.1, 0.15) is 11.0 Å². The number of hydrogen-bond donors (Lipinski definition) is 2. The van der Waals surface area contributed by atoms with Crippen LogP contribution in [0.15, 0.2) is 12.3 Å². The summed E-state index contributed by atoms with van der Waals surface area (Å²) in [5, 5.41) is 12.1. The van der Waals surface area contributed by atoms with Gasteiger partial charge in [-0.05, 0) is 31.7 Å². The monoisotopic (exact) mass is 272 g/mol. The summed E-state index contributed by atoms with van der Waals surface area (Å²) < 4.78 is 13.0. The van der Waals surface area contributed by atoms with Crippen molar-refractivity contribution in [2.75, 3.05) is 0 Å². The molecular weight excluding hydrogens is 259 g/mol. The first kappa shape index (κ1) is 13.2. The Hall–Kier alpha value is -1.20. The molecule has 1 aliphatic rings. The van der Waals surface area contributed by atoms with Gasteiger partial charge in [0.2, 0.25) is 0 Å². The number of carbonyl (C=O) groups is 1. The number of carbonyl (C=O) groups excluding carboxylic acids is 1. The van der Waals surface area contributed by atoms with Gasteiger partial charge in [0, 0.05) is 6.04 Å². The SMILES string of the molecule is O=C(NC1CCC(O)CC1)c1cc(F)cnc1Cl. The molecule has 0 atom stereocenters. The maximum atomic E-state index is 13.0. The maximum absolute atomic E-state index is 13.0. The van der Waals surface area contributed by atoms with Crippen LogP contribution in [0.2, 0.25) is 5.15 Å². The smallest absolute Gasteiger partial charge is 0.254 e. The van der Waals surface area contributed by atoms with Gasteiger partial charge >= 0.3 is 0 Å². The number of rotatable bonds is 2. The van der Waals surface area contributed by atoms with Gasteiger partial charge in [-0.1, -0.05) is 11.6 Å². The summed E-state index contributed by atoms with van der Waals surface area (Å²) >= 11 is 5.75. The van der Waals surface area contributed by atoms with Crippen LogP contribution in [-0.4, -0.2) is 28.1 Å². The summed E-state index contributed by atoms with van der Waals surface area (Å²) in [4.78, 5) is 15.5. The molecule has 1 aromatic heterocycles. The molecule has 1 aromatic rings. The van der Waals surface area contributed by atoms with Crippen LogP contribution in [0.25, 0.3) is 0 Å². The fraction of sp³-hybridized carbons (Fsp3) is 0.500. The molecule has 2 N–H and O–H groups in total. The van der Waals surface area contributed by atoms with Crippen LogP contribution in [0.5, 0.6) is 0 Å². The minimum Gasteiger partial charge on any atom is -0.393 e. The normalized spacial score (nSPS) is 23.7. The topological polar surface area (TPSA) is 62.2 Å². The van der Waals surface area contributed by atoms with Crippen LogP contribution in [0.3, 0.4) is 0 Å². The van der Waals surface area contributed by atoms with Crippen molar-refractivity contribution in [1.82, 2.24) is 10.3 Å². The second-order valence-electron chi connectivity index (χ2n) is 4.47. The molecule has 18 heavy (non-hydrogen) atoms. The molecule has 0 spiro atoms. The van der Waals surface area contributed by atoms with Crippen LogP contribution in [0.4, 0.5) is 4.39 Å². The van der Waals surface area contributed by atoms with Crippen molar-refractivity contribution in [2.24, 2.45) is 0 Å². The highest BCUT2D eigenvalue weighted by atomic mass is 35.5. The molecule has 0 radical (unpaired) electrons. The van der Waals surface area contributed by atoms with E-state index in [1.54, 1.807) is 0 Å². The van der Waals surface area contributed by atoms with Crippen LogP contribution < -0.4 is 5.32 Å². The molecule has 0 aliphatic heterocycles. The second-order valence-corrected chi connectivity index (χ2v) is 4.83. The summed E-state index contributed by atoms with van der Waals surface area (Å²) in [7, 11) is 0. The van der Waals surface area contributed by atoms with E-state index in [1.807, 2.05) is 0 Å². The molecule has 1 fully saturated rings. The van der Waals surface area contributed by atoms with Gasteiger partial charge in [-0.25, -0.2) is 9.37 Å². The van der Waals surface area contributed by atoms with Gasteiger partial charge in [-0.15, -0.1) is 0 Å². The summed E-state index contributed by atoms with van der Waals surface area (Å²) in [6.45, 7) is 0. The van der Waals surface area contributed by atoms with Crippen LogP contribution >= 0.6 is 11.6 Å². The third kappa shape index (κ3) is 3.17. The molecule has 0 saturated heterocycles. The fourth-order valence-electron chi connectivity index (χ4n) is 2.07. The van der Waals surface area contributed by atoms with E-state index >= 15 is 0 Å². The molecule has 4 nitrogen and oxygen atoms in total. The first-order valence-electron chi connectivity index (χ1n) is 5.86. The molecule has 2 rings (SSSR count). The largest absolute Gasteiger partial charge is 0.393 e. The van der Waals surface area contributed by atoms with E-state index in [4.69, 9.17) is 11.6 Å². The van der Waals surface area contributed by atoms with Crippen LogP contribution in [0, 0.1) is 5.82 Å². The highest BCUT2D eigenvalue weighted by molar-refractivity contribution is 6.32. The first-order valence-corrected chi connectivity index (χ1v) is 6.24. The summed E-state index contributed by atoms with van der Waals surface area (Å²) in [6, 6.07) is 1.07. The second kappa shape index (κ2) is 5.63. The molecule has 0 bridgehead atoms. The van der Waals surface area contributed by atoms with Gasteiger partial charge in [0.15, 0.2) is 0 Å². The Morgan fingerprint density at radius 2 is 2.11 bits per heavy atom. The van der Waals surface area contributed by atoms with Gasteiger partial charge in [-0.2, -0.15) is 0 Å². The van der Waals surface area contributed by atoms with E-state index < -0.39 is 11.7 Å². The van der Waals surface area contributed by atoms with E-state index in [0.717, 1.165) is 12.3 Å². The third-order valence-electron chi connectivity index (χ3n) is 3.08. The zero-order valence-electron chi connectivity index (χ0n) is 9.70. The Bertz CT molecular complexity index is 448. The van der Waals surface area contributed by atoms with Crippen molar-refractivity contribution in [3.8, 4) is 0 Å². The number of hydrogen-bond acceptors (Lipinski definition) is 3. The number of nitrogens with zero attached hydrogens (tertiary/aromatic N) is 1. The Morgan fingerprint density at radius 3 is 2.78 bits per heavy atom. The van der Waals surface area contributed by atoms with Crippen LogP contribution in [-0.2, 0) is 0 Å². The van der Waals surface area contributed by atoms with Crippen molar-refractivity contribution in [3.63, 3.8) is 0 Å². The van der Waals surface area contributed by atoms with Crippen molar-refractivity contribution in [2.45, 2.75) is 37.8 Å². The highest BCUT2D eigenvalue weighted by Crippen LogP contribution is 2.20. The summed E-state index contributed by atoms with van der Waals surface area (Å²) in [5.74, 6) is -1.02. The number of aliphatic hydroxyl groups excluding tert-OH is 1. The predicted molar refractivity (Wildman–Crippen MR) is 64.9 cm³/mol. The minimum absolute atomic E-state index is 0.000217. The minimum atomic E-state index is -0.594. The Morgan fingerprint density at radius 1 is 1.44 bits per heavy atom. The molecule has 6 heteroatoms. The fourth-order valence-corrected chi connectivity index (χ4v) is 2.25. The lowest BCUT2D eigenvalue weighted by atomic mass is 9.93. The molecule has 1 saturated carbocycles. The van der Waals surface area contributed by atoms with E-state index in [9.17, 15) is 14.3 Å². The number of halogens is 2. The summed E-state index contributed by atoms with van der Waals surface area (Å²) in [6.07, 6.45) is 3.45. The molecule has 1 amide bonds. The molecule has 0 aromatic carbocycles. The average Bonchev–Trinajstić information content (AvgIpc) is 2.35. The lowest BCUT2D eigenvalue weighted by molar-refractivity contribution is 0.0867. The Labute approximate surface area is 109 Å². The molecule has 1 heterocycles. The van der Waals surface area contributed by atoms with E-state index in [2.05, 4.69) is 10.3 Å². The number of aromatic nitrogens is 1. The molecule has 0 unspecified atom stereocenters. The first-order chi connectivity index (χ1) is 8.56. The molecule has 98 valence electrons. The van der Waals surface area contributed by atoms with Crippen molar-refractivity contribution in [1.29, 1.82) is 0 Å².